The minimum Gasteiger partial charge on any atom is -0.341 e. The van der Waals surface area contributed by atoms with Crippen LogP contribution in [0.3, 0.4) is 0 Å². The van der Waals surface area contributed by atoms with Crippen LogP contribution in [-0.2, 0) is 9.59 Å². The second-order valence-electron chi connectivity index (χ2n) is 7.49. The topological polar surface area (TPSA) is 66.6 Å². The van der Waals surface area contributed by atoms with Gasteiger partial charge in [0.15, 0.2) is 0 Å². The summed E-state index contributed by atoms with van der Waals surface area (Å²) in [6.07, 6.45) is 7.83. The molecule has 3 rings (SSSR count). The monoisotopic (exact) mass is 391 g/mol. The molecule has 1 saturated heterocycles. The number of hydrogen-bond donors (Lipinski definition) is 1. The van der Waals surface area contributed by atoms with E-state index in [1.807, 2.05) is 23.1 Å². The Hall–Kier alpha value is -1.85. The fourth-order valence-corrected chi connectivity index (χ4v) is 3.59. The van der Waals surface area contributed by atoms with Crippen molar-refractivity contribution in [3.05, 3.63) is 42.0 Å². The van der Waals surface area contributed by atoms with E-state index in [-0.39, 0.29) is 36.2 Å². The Balaban J connectivity index is 0.00000261. The van der Waals surface area contributed by atoms with Gasteiger partial charge in [-0.2, -0.15) is 0 Å². The van der Waals surface area contributed by atoms with Crippen molar-refractivity contribution in [2.75, 3.05) is 19.6 Å². The van der Waals surface area contributed by atoms with E-state index >= 15 is 0 Å². The van der Waals surface area contributed by atoms with E-state index < -0.39 is 0 Å². The average Bonchev–Trinajstić information content (AvgIpc) is 3.47. The van der Waals surface area contributed by atoms with E-state index in [9.17, 15) is 9.59 Å². The molecule has 1 aliphatic carbocycles. The molecule has 1 aromatic rings. The van der Waals surface area contributed by atoms with E-state index in [1.165, 1.54) is 0 Å². The lowest BCUT2D eigenvalue weighted by Gasteiger charge is -2.28. The first-order valence-electron chi connectivity index (χ1n) is 9.57. The molecule has 5 nitrogen and oxygen atoms in total. The smallest absolute Gasteiger partial charge is 0.228 e. The third kappa shape index (κ3) is 6.08. The summed E-state index contributed by atoms with van der Waals surface area (Å²) < 4.78 is 0. The largest absolute Gasteiger partial charge is 0.341 e. The molecule has 0 unspecified atom stereocenters. The lowest BCUT2D eigenvalue weighted by Crippen LogP contribution is -2.44. The third-order valence-electron chi connectivity index (χ3n) is 5.26. The van der Waals surface area contributed by atoms with Gasteiger partial charge < -0.3 is 15.5 Å². The number of hydrogen-bond acceptors (Lipinski definition) is 3. The van der Waals surface area contributed by atoms with Crippen molar-refractivity contribution in [1.82, 2.24) is 9.80 Å². The maximum absolute atomic E-state index is 13.2. The Kier molecular flexibility index (Phi) is 7.87. The number of carbonyl (C=O) groups is 2. The van der Waals surface area contributed by atoms with Gasteiger partial charge in [0.2, 0.25) is 11.8 Å². The number of amides is 2. The van der Waals surface area contributed by atoms with Gasteiger partial charge >= 0.3 is 0 Å². The molecule has 0 spiro atoms. The maximum Gasteiger partial charge on any atom is 0.228 e. The van der Waals surface area contributed by atoms with Gasteiger partial charge in [-0.05, 0) is 31.2 Å². The van der Waals surface area contributed by atoms with Gasteiger partial charge in [0, 0.05) is 38.6 Å². The Labute approximate surface area is 168 Å². The number of nitrogens with zero attached hydrogens (tertiary/aromatic N) is 2. The van der Waals surface area contributed by atoms with Crippen molar-refractivity contribution in [3.63, 3.8) is 0 Å². The number of carbonyl (C=O) groups excluding carboxylic acids is 2. The molecule has 6 heteroatoms. The van der Waals surface area contributed by atoms with Crippen LogP contribution in [0.15, 0.2) is 36.4 Å². The zero-order valence-electron chi connectivity index (χ0n) is 15.9. The number of halogens is 1. The van der Waals surface area contributed by atoms with Crippen LogP contribution >= 0.6 is 12.4 Å². The Bertz CT molecular complexity index is 661. The minimum atomic E-state index is -0.141. The van der Waals surface area contributed by atoms with Crippen LogP contribution in [0, 0.1) is 5.92 Å². The summed E-state index contributed by atoms with van der Waals surface area (Å²) >= 11 is 0. The first-order chi connectivity index (χ1) is 12.5. The molecule has 1 aliphatic heterocycles. The average molecular weight is 392 g/mol. The van der Waals surface area contributed by atoms with Gasteiger partial charge in [0.1, 0.15) is 0 Å². The predicted molar refractivity (Wildman–Crippen MR) is 110 cm³/mol. The van der Waals surface area contributed by atoms with Gasteiger partial charge in [-0.1, -0.05) is 42.5 Å². The van der Waals surface area contributed by atoms with Crippen LogP contribution in [0.25, 0.3) is 6.08 Å². The molecule has 2 atom stereocenters. The second-order valence-corrected chi connectivity index (χ2v) is 7.49. The number of benzene rings is 1. The molecule has 2 N–H and O–H groups in total. The minimum absolute atomic E-state index is 0. The molecule has 2 amide bonds. The zero-order valence-corrected chi connectivity index (χ0v) is 16.7. The Morgan fingerprint density at radius 1 is 1.15 bits per heavy atom. The predicted octanol–water partition coefficient (Wildman–Crippen LogP) is 2.70. The van der Waals surface area contributed by atoms with Gasteiger partial charge in [0.05, 0.1) is 5.92 Å². The molecule has 2 aliphatic rings. The summed E-state index contributed by atoms with van der Waals surface area (Å²) in [7, 11) is 0. The van der Waals surface area contributed by atoms with E-state index in [0.717, 1.165) is 31.2 Å². The van der Waals surface area contributed by atoms with Crippen molar-refractivity contribution in [1.29, 1.82) is 0 Å². The summed E-state index contributed by atoms with van der Waals surface area (Å²) in [6.45, 7) is 3.23. The molecule has 1 aromatic carbocycles. The summed E-state index contributed by atoms with van der Waals surface area (Å²) in [6, 6.07) is 10.4. The highest BCUT2D eigenvalue weighted by atomic mass is 35.5. The van der Waals surface area contributed by atoms with Crippen LogP contribution < -0.4 is 5.73 Å². The molecular weight excluding hydrogens is 362 g/mol. The van der Waals surface area contributed by atoms with E-state index in [4.69, 9.17) is 5.73 Å². The third-order valence-corrected chi connectivity index (χ3v) is 5.26. The highest BCUT2D eigenvalue weighted by Crippen LogP contribution is 2.30. The fraction of sp³-hybridized carbons (Fsp3) is 0.524. The highest BCUT2D eigenvalue weighted by Gasteiger charge is 2.37. The maximum atomic E-state index is 13.2. The Morgan fingerprint density at radius 3 is 2.48 bits per heavy atom. The van der Waals surface area contributed by atoms with E-state index in [1.54, 1.807) is 11.8 Å². The first kappa shape index (κ1) is 21.5. The molecule has 2 fully saturated rings. The number of rotatable bonds is 5. The SMILES string of the molecule is CC(=O)N1C[C@@H](N)CC[C@@H](C(=O)N(CC=Cc2ccccc2)C2CC2)C1.Cl. The van der Waals surface area contributed by atoms with Gasteiger partial charge in [-0.3, -0.25) is 9.59 Å². The lowest BCUT2D eigenvalue weighted by atomic mass is 10.00. The van der Waals surface area contributed by atoms with Gasteiger partial charge in [-0.25, -0.2) is 0 Å². The van der Waals surface area contributed by atoms with Crippen LogP contribution in [0.2, 0.25) is 0 Å². The lowest BCUT2D eigenvalue weighted by molar-refractivity contribution is -0.137. The zero-order chi connectivity index (χ0) is 18.5. The molecule has 148 valence electrons. The summed E-state index contributed by atoms with van der Waals surface area (Å²) in [5.41, 5.74) is 7.23. The van der Waals surface area contributed by atoms with Crippen molar-refractivity contribution in [2.24, 2.45) is 11.7 Å². The standard InChI is InChI=1S/C21H29N3O2.ClH/c1-16(25)23-14-18(9-10-19(22)15-23)21(26)24(20-11-12-20)13-5-8-17-6-3-2-4-7-17;/h2-8,18-20H,9-15,22H2,1H3;1H/t18-,19+;/m1./s1. The summed E-state index contributed by atoms with van der Waals surface area (Å²) in [5, 5.41) is 0. The highest BCUT2D eigenvalue weighted by molar-refractivity contribution is 5.85. The summed E-state index contributed by atoms with van der Waals surface area (Å²) in [4.78, 5) is 28.7. The molecular formula is C21H30ClN3O2. The quantitative estimate of drug-likeness (QED) is 0.839. The molecule has 0 radical (unpaired) electrons. The van der Waals surface area contributed by atoms with E-state index in [2.05, 4.69) is 24.3 Å². The molecule has 1 heterocycles. The number of nitrogens with two attached hydrogens (primary N) is 1. The first-order valence-corrected chi connectivity index (χ1v) is 9.57. The van der Waals surface area contributed by atoms with Crippen molar-refractivity contribution in [2.45, 2.75) is 44.7 Å². The Morgan fingerprint density at radius 2 is 1.85 bits per heavy atom. The second kappa shape index (κ2) is 9.90. The van der Waals surface area contributed by atoms with Crippen LogP contribution in [0.5, 0.6) is 0 Å². The van der Waals surface area contributed by atoms with Crippen molar-refractivity contribution in [3.8, 4) is 0 Å². The van der Waals surface area contributed by atoms with Crippen molar-refractivity contribution < 1.29 is 9.59 Å². The number of likely N-dealkylation sites (tertiary alicyclic amines) is 1. The van der Waals surface area contributed by atoms with Crippen LogP contribution in [0.1, 0.15) is 38.2 Å². The van der Waals surface area contributed by atoms with Crippen molar-refractivity contribution >= 4 is 30.3 Å². The fourth-order valence-electron chi connectivity index (χ4n) is 3.59. The summed E-state index contributed by atoms with van der Waals surface area (Å²) in [5.74, 6) is 0.0332. The van der Waals surface area contributed by atoms with Gasteiger partial charge in [0.25, 0.3) is 0 Å². The molecule has 1 saturated carbocycles. The molecule has 27 heavy (non-hydrogen) atoms. The van der Waals surface area contributed by atoms with Gasteiger partial charge in [-0.15, -0.1) is 12.4 Å². The van der Waals surface area contributed by atoms with Crippen LogP contribution in [0.4, 0.5) is 0 Å². The molecule has 0 bridgehead atoms. The normalized spacial score (nSPS) is 22.8. The van der Waals surface area contributed by atoms with Crippen LogP contribution in [-0.4, -0.2) is 53.3 Å². The molecule has 0 aromatic heterocycles. The van der Waals surface area contributed by atoms with E-state index in [0.29, 0.717) is 25.7 Å².